The molecule has 0 fully saturated rings. The molecule has 0 aromatic carbocycles. The second-order valence-corrected chi connectivity index (χ2v) is 7.38. The molecule has 7 nitrogen and oxygen atoms in total. The van der Waals surface area contributed by atoms with Crippen LogP contribution < -0.4 is 15.4 Å². The molecule has 3 N–H and O–H groups in total. The summed E-state index contributed by atoms with van der Waals surface area (Å²) < 4.78 is 25.3. The highest BCUT2D eigenvalue weighted by Gasteiger charge is 2.22. The number of sulfonamides is 1. The number of hydrogen-bond donors (Lipinski definition) is 3. The Labute approximate surface area is 132 Å². The molecule has 0 atom stereocenters. The average molecular weight is 327 g/mol. The summed E-state index contributed by atoms with van der Waals surface area (Å²) in [7, 11) is -3.26. The first-order valence-corrected chi connectivity index (χ1v) is 9.02. The first kappa shape index (κ1) is 18.4. The lowest BCUT2D eigenvalue weighted by Gasteiger charge is -2.26. The zero-order chi connectivity index (χ0) is 16.6. The Bertz CT molecular complexity index is 585. The van der Waals surface area contributed by atoms with Gasteiger partial charge in [-0.1, -0.05) is 6.07 Å². The summed E-state index contributed by atoms with van der Waals surface area (Å²) in [5.41, 5.74) is 0.252. The smallest absolute Gasteiger partial charge is 0.209 e. The molecule has 0 saturated carbocycles. The molecule has 0 radical (unpaired) electrons. The first-order valence-electron chi connectivity index (χ1n) is 7.13. The Hall–Kier alpha value is -1.67. The third kappa shape index (κ3) is 7.94. The molecule has 22 heavy (non-hydrogen) atoms. The van der Waals surface area contributed by atoms with Gasteiger partial charge in [0.2, 0.25) is 10.0 Å². The van der Waals surface area contributed by atoms with Crippen LogP contribution in [0.4, 0.5) is 0 Å². The van der Waals surface area contributed by atoms with Gasteiger partial charge < -0.3 is 10.6 Å². The largest absolute Gasteiger partial charge is 0.357 e. The summed E-state index contributed by atoms with van der Waals surface area (Å²) in [5.74, 6) is 0.622. The van der Waals surface area contributed by atoms with Gasteiger partial charge in [-0.15, -0.1) is 0 Å². The molecule has 1 aromatic heterocycles. The zero-order valence-electron chi connectivity index (χ0n) is 13.5. The second-order valence-electron chi connectivity index (χ2n) is 5.63. The molecule has 124 valence electrons. The Balaban J connectivity index is 2.64. The molecule has 0 bridgehead atoms. The maximum Gasteiger partial charge on any atom is 0.209 e. The molecule has 0 aliphatic carbocycles. The number of aromatic nitrogens is 1. The lowest BCUT2D eigenvalue weighted by Crippen LogP contribution is -2.53. The van der Waals surface area contributed by atoms with Crippen molar-refractivity contribution in [1.29, 1.82) is 0 Å². The molecule has 0 aliphatic heterocycles. The minimum Gasteiger partial charge on any atom is -0.357 e. The van der Waals surface area contributed by atoms with Crippen LogP contribution in [-0.4, -0.2) is 44.2 Å². The lowest BCUT2D eigenvalue weighted by atomic mass is 10.1. The van der Waals surface area contributed by atoms with Gasteiger partial charge in [-0.25, -0.2) is 18.1 Å². The average Bonchev–Trinajstić information content (AvgIpc) is 2.40. The van der Waals surface area contributed by atoms with Crippen molar-refractivity contribution in [3.05, 3.63) is 30.1 Å². The van der Waals surface area contributed by atoms with E-state index in [0.717, 1.165) is 11.9 Å². The lowest BCUT2D eigenvalue weighted by molar-refractivity contribution is 0.446. The van der Waals surface area contributed by atoms with Crippen molar-refractivity contribution in [2.24, 2.45) is 4.99 Å². The molecule has 0 saturated heterocycles. The molecule has 0 amide bonds. The van der Waals surface area contributed by atoms with Gasteiger partial charge in [0.25, 0.3) is 0 Å². The number of pyridine rings is 1. The van der Waals surface area contributed by atoms with Crippen LogP contribution in [0.25, 0.3) is 0 Å². The van der Waals surface area contributed by atoms with Crippen LogP contribution in [0.2, 0.25) is 0 Å². The van der Waals surface area contributed by atoms with Crippen LogP contribution in [0.5, 0.6) is 0 Å². The molecular weight excluding hydrogens is 302 g/mol. The van der Waals surface area contributed by atoms with E-state index < -0.39 is 15.6 Å². The Morgan fingerprint density at radius 1 is 1.32 bits per heavy atom. The Morgan fingerprint density at radius 3 is 2.59 bits per heavy atom. The van der Waals surface area contributed by atoms with Crippen molar-refractivity contribution in [3.63, 3.8) is 0 Å². The first-order chi connectivity index (χ1) is 10.2. The van der Waals surface area contributed by atoms with E-state index in [-0.39, 0.29) is 0 Å². The standard InChI is InChI=1S/C14H25N5O2S/c1-5-15-13(17-10-12-8-6-7-9-16-12)18-11-14(2,3)19-22(4,20)21/h6-9,19H,5,10-11H2,1-4H3,(H2,15,17,18). The van der Waals surface area contributed by atoms with E-state index in [1.807, 2.05) is 39.0 Å². The molecule has 1 aromatic rings. The maximum atomic E-state index is 11.3. The van der Waals surface area contributed by atoms with Gasteiger partial charge >= 0.3 is 0 Å². The number of guanidine groups is 1. The summed E-state index contributed by atoms with van der Waals surface area (Å²) in [6.45, 7) is 7.17. The predicted molar refractivity (Wildman–Crippen MR) is 89.1 cm³/mol. The van der Waals surface area contributed by atoms with Gasteiger partial charge in [-0.05, 0) is 32.9 Å². The molecule has 0 aliphatic rings. The van der Waals surface area contributed by atoms with E-state index in [2.05, 4.69) is 25.3 Å². The van der Waals surface area contributed by atoms with Gasteiger partial charge in [0, 0.05) is 24.8 Å². The number of aliphatic imine (C=N–C) groups is 1. The van der Waals surface area contributed by atoms with E-state index in [9.17, 15) is 8.42 Å². The topological polar surface area (TPSA) is 95.5 Å². The normalized spacial score (nSPS) is 13.0. The van der Waals surface area contributed by atoms with Crippen molar-refractivity contribution >= 4 is 16.0 Å². The minimum atomic E-state index is -3.26. The molecule has 1 rings (SSSR count). The summed E-state index contributed by atoms with van der Waals surface area (Å²) in [5, 5.41) is 6.26. The monoisotopic (exact) mass is 327 g/mol. The fourth-order valence-electron chi connectivity index (χ4n) is 1.84. The second kappa shape index (κ2) is 8.09. The number of nitrogens with one attached hydrogen (secondary N) is 3. The highest BCUT2D eigenvalue weighted by atomic mass is 32.2. The van der Waals surface area contributed by atoms with Gasteiger partial charge in [-0.2, -0.15) is 0 Å². The van der Waals surface area contributed by atoms with Crippen LogP contribution in [0, 0.1) is 0 Å². The third-order valence-corrected chi connectivity index (χ3v) is 3.55. The van der Waals surface area contributed by atoms with Crippen LogP contribution in [0.3, 0.4) is 0 Å². The van der Waals surface area contributed by atoms with Crippen LogP contribution in [-0.2, 0) is 16.6 Å². The van der Waals surface area contributed by atoms with Gasteiger partial charge in [0.05, 0.1) is 18.5 Å². The third-order valence-electron chi connectivity index (χ3n) is 2.63. The maximum absolute atomic E-state index is 11.3. The highest BCUT2D eigenvalue weighted by Crippen LogP contribution is 2.02. The van der Waals surface area contributed by atoms with Crippen molar-refractivity contribution in [1.82, 2.24) is 20.3 Å². The fraction of sp³-hybridized carbons (Fsp3) is 0.571. The Morgan fingerprint density at radius 2 is 2.05 bits per heavy atom. The SMILES string of the molecule is CCNC(=NCc1ccccn1)NCC(C)(C)NS(C)(=O)=O. The van der Waals surface area contributed by atoms with E-state index in [0.29, 0.717) is 25.6 Å². The Kier molecular flexibility index (Phi) is 6.76. The summed E-state index contributed by atoms with van der Waals surface area (Å²) in [6.07, 6.45) is 2.87. The summed E-state index contributed by atoms with van der Waals surface area (Å²) >= 11 is 0. The fourth-order valence-corrected chi connectivity index (χ4v) is 2.91. The summed E-state index contributed by atoms with van der Waals surface area (Å²) in [6, 6.07) is 5.68. The van der Waals surface area contributed by atoms with E-state index in [1.165, 1.54) is 0 Å². The van der Waals surface area contributed by atoms with Crippen LogP contribution in [0.1, 0.15) is 26.5 Å². The van der Waals surface area contributed by atoms with Gasteiger partial charge in [-0.3, -0.25) is 4.98 Å². The van der Waals surface area contributed by atoms with Crippen molar-refractivity contribution in [3.8, 4) is 0 Å². The molecule has 8 heteroatoms. The minimum absolute atomic E-state index is 0.411. The molecular formula is C14H25N5O2S. The molecule has 0 spiro atoms. The molecule has 0 unspecified atom stereocenters. The number of hydrogen-bond acceptors (Lipinski definition) is 4. The van der Waals surface area contributed by atoms with E-state index >= 15 is 0 Å². The van der Waals surface area contributed by atoms with Crippen molar-refractivity contribution in [2.45, 2.75) is 32.9 Å². The predicted octanol–water partition coefficient (Wildman–Crippen LogP) is 0.465. The highest BCUT2D eigenvalue weighted by molar-refractivity contribution is 7.88. The number of nitrogens with zero attached hydrogens (tertiary/aromatic N) is 2. The van der Waals surface area contributed by atoms with E-state index in [1.54, 1.807) is 6.20 Å². The zero-order valence-corrected chi connectivity index (χ0v) is 14.4. The van der Waals surface area contributed by atoms with Gasteiger partial charge in [0.1, 0.15) is 0 Å². The van der Waals surface area contributed by atoms with Gasteiger partial charge in [0.15, 0.2) is 5.96 Å². The quantitative estimate of drug-likeness (QED) is 0.500. The van der Waals surface area contributed by atoms with Crippen molar-refractivity contribution in [2.75, 3.05) is 19.3 Å². The van der Waals surface area contributed by atoms with Crippen LogP contribution in [0.15, 0.2) is 29.4 Å². The number of rotatable bonds is 7. The van der Waals surface area contributed by atoms with Crippen molar-refractivity contribution < 1.29 is 8.42 Å². The summed E-state index contributed by atoms with van der Waals surface area (Å²) in [4.78, 5) is 8.65. The van der Waals surface area contributed by atoms with Crippen LogP contribution >= 0.6 is 0 Å². The van der Waals surface area contributed by atoms with E-state index in [4.69, 9.17) is 0 Å². The molecule has 1 heterocycles.